The van der Waals surface area contributed by atoms with Gasteiger partial charge in [0.05, 0.1) is 5.92 Å². The highest BCUT2D eigenvalue weighted by Gasteiger charge is 2.15. The largest absolute Gasteiger partial charge is 0.481 e. The van der Waals surface area contributed by atoms with Gasteiger partial charge in [-0.1, -0.05) is 22.0 Å². The minimum absolute atomic E-state index is 0.447. The second-order valence-corrected chi connectivity index (χ2v) is 3.98. The smallest absolute Gasteiger partial charge is 0.310 e. The van der Waals surface area contributed by atoms with Crippen LogP contribution in [0.1, 0.15) is 24.0 Å². The van der Waals surface area contributed by atoms with Crippen LogP contribution in [-0.4, -0.2) is 11.1 Å². The third-order valence-corrected chi connectivity index (χ3v) is 2.57. The normalized spacial score (nSPS) is 12.5. The lowest BCUT2D eigenvalue weighted by Gasteiger charge is -2.10. The van der Waals surface area contributed by atoms with E-state index in [0.29, 0.717) is 0 Å². The number of halogens is 1. The molecule has 0 bridgehead atoms. The molecule has 0 fully saturated rings. The topological polar surface area (TPSA) is 37.3 Å². The predicted molar refractivity (Wildman–Crippen MR) is 54.9 cm³/mol. The fraction of sp³-hybridized carbons (Fsp3) is 0.300. The van der Waals surface area contributed by atoms with Crippen LogP contribution in [0.15, 0.2) is 22.7 Å². The van der Waals surface area contributed by atoms with Crippen molar-refractivity contribution < 1.29 is 9.90 Å². The first-order chi connectivity index (χ1) is 6.02. The van der Waals surface area contributed by atoms with E-state index in [2.05, 4.69) is 15.9 Å². The molecule has 1 unspecified atom stereocenters. The Morgan fingerprint density at radius 2 is 2.15 bits per heavy atom. The van der Waals surface area contributed by atoms with Crippen LogP contribution in [0.4, 0.5) is 0 Å². The predicted octanol–water partition coefficient (Wildman–Crippen LogP) is 2.95. The number of aliphatic carboxylic acids is 1. The molecule has 0 aromatic heterocycles. The van der Waals surface area contributed by atoms with Gasteiger partial charge in [0.15, 0.2) is 0 Å². The van der Waals surface area contributed by atoms with Gasteiger partial charge in [0.1, 0.15) is 0 Å². The number of hydrogen-bond acceptors (Lipinski definition) is 1. The summed E-state index contributed by atoms with van der Waals surface area (Å²) in [5.74, 6) is -1.24. The molecule has 2 nitrogen and oxygen atoms in total. The Balaban J connectivity index is 3.12. The van der Waals surface area contributed by atoms with E-state index >= 15 is 0 Å². The van der Waals surface area contributed by atoms with Crippen molar-refractivity contribution in [2.24, 2.45) is 0 Å². The van der Waals surface area contributed by atoms with Crippen LogP contribution in [0.3, 0.4) is 0 Å². The first-order valence-electron chi connectivity index (χ1n) is 4.01. The van der Waals surface area contributed by atoms with Gasteiger partial charge in [-0.25, -0.2) is 0 Å². The molecule has 3 heteroatoms. The van der Waals surface area contributed by atoms with Crippen LogP contribution in [-0.2, 0) is 4.79 Å². The summed E-state index contributed by atoms with van der Waals surface area (Å²) in [6, 6.07) is 5.68. The monoisotopic (exact) mass is 242 g/mol. The van der Waals surface area contributed by atoms with Gasteiger partial charge in [-0.05, 0) is 37.1 Å². The highest BCUT2D eigenvalue weighted by Crippen LogP contribution is 2.23. The summed E-state index contributed by atoms with van der Waals surface area (Å²) in [6.07, 6.45) is 0. The van der Waals surface area contributed by atoms with Crippen LogP contribution in [0.25, 0.3) is 0 Å². The number of carbonyl (C=O) groups is 1. The van der Waals surface area contributed by atoms with Crippen LogP contribution in [0, 0.1) is 6.92 Å². The second kappa shape index (κ2) is 3.92. The third-order valence-electron chi connectivity index (χ3n) is 2.08. The Labute approximate surface area is 85.7 Å². The van der Waals surface area contributed by atoms with E-state index in [-0.39, 0.29) is 0 Å². The fourth-order valence-corrected chi connectivity index (χ4v) is 1.59. The summed E-state index contributed by atoms with van der Waals surface area (Å²) in [6.45, 7) is 3.61. The molecule has 13 heavy (non-hydrogen) atoms. The van der Waals surface area contributed by atoms with Gasteiger partial charge in [-0.3, -0.25) is 4.79 Å². The lowest BCUT2D eigenvalue weighted by atomic mass is 9.97. The fourth-order valence-electron chi connectivity index (χ4n) is 1.21. The molecule has 0 spiro atoms. The van der Waals surface area contributed by atoms with E-state index in [1.165, 1.54) is 0 Å². The molecule has 1 rings (SSSR count). The average molecular weight is 243 g/mol. The number of benzene rings is 1. The molecule has 0 amide bonds. The number of aryl methyl sites for hydroxylation is 1. The minimum Gasteiger partial charge on any atom is -0.481 e. The zero-order chi connectivity index (χ0) is 10.0. The second-order valence-electron chi connectivity index (χ2n) is 3.06. The molecule has 1 atom stereocenters. The van der Waals surface area contributed by atoms with Crippen molar-refractivity contribution in [1.82, 2.24) is 0 Å². The van der Waals surface area contributed by atoms with E-state index in [1.807, 2.05) is 25.1 Å². The van der Waals surface area contributed by atoms with Crippen molar-refractivity contribution in [1.29, 1.82) is 0 Å². The van der Waals surface area contributed by atoms with E-state index < -0.39 is 11.9 Å². The Hall–Kier alpha value is -0.830. The molecule has 0 aliphatic rings. The Morgan fingerprint density at radius 3 is 2.69 bits per heavy atom. The molecule has 0 heterocycles. The van der Waals surface area contributed by atoms with E-state index in [1.54, 1.807) is 6.92 Å². The summed E-state index contributed by atoms with van der Waals surface area (Å²) >= 11 is 3.32. The molecule has 1 N–H and O–H groups in total. The maximum absolute atomic E-state index is 10.7. The SMILES string of the molecule is Cc1ccc(Br)cc1C(C)C(=O)O. The highest BCUT2D eigenvalue weighted by atomic mass is 79.9. The van der Waals surface area contributed by atoms with Gasteiger partial charge in [0.2, 0.25) is 0 Å². The van der Waals surface area contributed by atoms with E-state index in [9.17, 15) is 4.79 Å². The quantitative estimate of drug-likeness (QED) is 0.866. The van der Waals surface area contributed by atoms with Gasteiger partial charge in [0, 0.05) is 4.47 Å². The maximum atomic E-state index is 10.7. The van der Waals surface area contributed by atoms with Gasteiger partial charge < -0.3 is 5.11 Å². The standard InChI is InChI=1S/C10H11BrO2/c1-6-3-4-8(11)5-9(6)7(2)10(12)13/h3-5,7H,1-2H3,(H,12,13). The first-order valence-corrected chi connectivity index (χ1v) is 4.80. The number of rotatable bonds is 2. The number of carboxylic acid groups (broad SMARTS) is 1. The molecule has 70 valence electrons. The van der Waals surface area contributed by atoms with Crippen molar-refractivity contribution in [2.75, 3.05) is 0 Å². The Morgan fingerprint density at radius 1 is 1.54 bits per heavy atom. The maximum Gasteiger partial charge on any atom is 0.310 e. The molecule has 0 saturated heterocycles. The first kappa shape index (κ1) is 10.3. The van der Waals surface area contributed by atoms with Crippen molar-refractivity contribution >= 4 is 21.9 Å². The summed E-state index contributed by atoms with van der Waals surface area (Å²) in [7, 11) is 0. The lowest BCUT2D eigenvalue weighted by Crippen LogP contribution is -2.08. The summed E-state index contributed by atoms with van der Waals surface area (Å²) in [5, 5.41) is 8.84. The van der Waals surface area contributed by atoms with Crippen LogP contribution >= 0.6 is 15.9 Å². The van der Waals surface area contributed by atoms with Gasteiger partial charge >= 0.3 is 5.97 Å². The number of carboxylic acids is 1. The van der Waals surface area contributed by atoms with E-state index in [4.69, 9.17) is 5.11 Å². The van der Waals surface area contributed by atoms with Crippen LogP contribution in [0.2, 0.25) is 0 Å². The van der Waals surface area contributed by atoms with Crippen molar-refractivity contribution in [3.63, 3.8) is 0 Å². The van der Waals surface area contributed by atoms with Gasteiger partial charge in [0.25, 0.3) is 0 Å². The van der Waals surface area contributed by atoms with Crippen LogP contribution in [0.5, 0.6) is 0 Å². The number of hydrogen-bond donors (Lipinski definition) is 1. The zero-order valence-electron chi connectivity index (χ0n) is 7.54. The van der Waals surface area contributed by atoms with Gasteiger partial charge in [-0.15, -0.1) is 0 Å². The van der Waals surface area contributed by atoms with E-state index in [0.717, 1.165) is 15.6 Å². The summed E-state index contributed by atoms with van der Waals surface area (Å²) in [5.41, 5.74) is 1.87. The highest BCUT2D eigenvalue weighted by molar-refractivity contribution is 9.10. The Kier molecular flexibility index (Phi) is 3.09. The molecule has 0 aliphatic heterocycles. The van der Waals surface area contributed by atoms with Crippen LogP contribution < -0.4 is 0 Å². The molecule has 0 radical (unpaired) electrons. The average Bonchev–Trinajstić information content (AvgIpc) is 2.08. The van der Waals surface area contributed by atoms with Crippen molar-refractivity contribution in [3.8, 4) is 0 Å². The molecule has 0 saturated carbocycles. The molecular weight excluding hydrogens is 232 g/mol. The van der Waals surface area contributed by atoms with Crippen molar-refractivity contribution in [3.05, 3.63) is 33.8 Å². The zero-order valence-corrected chi connectivity index (χ0v) is 9.13. The minimum atomic E-state index is -0.791. The molecule has 0 aliphatic carbocycles. The molecule has 1 aromatic rings. The Bertz CT molecular complexity index is 334. The van der Waals surface area contributed by atoms with Crippen molar-refractivity contribution in [2.45, 2.75) is 19.8 Å². The lowest BCUT2D eigenvalue weighted by molar-refractivity contribution is -0.138. The summed E-state index contributed by atoms with van der Waals surface area (Å²) in [4.78, 5) is 10.7. The molecule has 1 aromatic carbocycles. The van der Waals surface area contributed by atoms with Gasteiger partial charge in [-0.2, -0.15) is 0 Å². The third kappa shape index (κ3) is 2.31. The summed E-state index contributed by atoms with van der Waals surface area (Å²) < 4.78 is 0.918. The molecular formula is C10H11BrO2.